The van der Waals surface area contributed by atoms with E-state index in [9.17, 15) is 14.0 Å². The Morgan fingerprint density at radius 3 is 2.46 bits per heavy atom. The number of piperidine rings is 1. The lowest BCUT2D eigenvalue weighted by Gasteiger charge is -2.32. The molecule has 2 saturated heterocycles. The Labute approximate surface area is 241 Å². The van der Waals surface area contributed by atoms with E-state index in [-0.39, 0.29) is 23.3 Å². The Kier molecular flexibility index (Phi) is 9.12. The van der Waals surface area contributed by atoms with Crippen LogP contribution in [-0.2, 0) is 16.1 Å². The summed E-state index contributed by atoms with van der Waals surface area (Å²) in [6.45, 7) is 7.46. The molecule has 7 nitrogen and oxygen atoms in total. The van der Waals surface area contributed by atoms with Crippen LogP contribution in [0, 0.1) is 17.6 Å². The van der Waals surface area contributed by atoms with Gasteiger partial charge in [-0.3, -0.25) is 9.69 Å². The minimum atomic E-state index is -0.669. The third-order valence-electron chi connectivity index (χ3n) is 8.42. The van der Waals surface area contributed by atoms with Crippen LogP contribution in [0.15, 0.2) is 30.3 Å². The second-order valence-corrected chi connectivity index (χ2v) is 12.0. The number of ether oxygens (including phenoxy) is 2. The molecule has 2 aromatic carbocycles. The SMILES string of the molecule is COC(=O)C1CCCN1C(=O)c1cc(C2CC2)c(OCC2CCN(Cc3cc(F)ccc3NC(C)C)CC2)cc1F. The topological polar surface area (TPSA) is 71.1 Å². The van der Waals surface area contributed by atoms with Crippen LogP contribution in [0.2, 0.25) is 0 Å². The van der Waals surface area contributed by atoms with Gasteiger partial charge < -0.3 is 19.7 Å². The number of anilines is 1. The molecule has 222 valence electrons. The molecule has 0 spiro atoms. The number of nitrogens with zero attached hydrogens (tertiary/aromatic N) is 2. The molecule has 1 amide bonds. The fraction of sp³-hybridized carbons (Fsp3) is 0.562. The molecular weight excluding hydrogens is 528 g/mol. The molecule has 41 heavy (non-hydrogen) atoms. The van der Waals surface area contributed by atoms with E-state index in [1.54, 1.807) is 12.1 Å². The van der Waals surface area contributed by atoms with Crippen molar-refractivity contribution in [3.05, 3.63) is 58.7 Å². The predicted octanol–water partition coefficient (Wildman–Crippen LogP) is 5.73. The summed E-state index contributed by atoms with van der Waals surface area (Å²) in [6.07, 6.45) is 5.04. The number of benzene rings is 2. The molecule has 1 N–H and O–H groups in total. The Bertz CT molecular complexity index is 1260. The monoisotopic (exact) mass is 569 g/mol. The summed E-state index contributed by atoms with van der Waals surface area (Å²) in [4.78, 5) is 29.2. The average molecular weight is 570 g/mol. The first-order valence-electron chi connectivity index (χ1n) is 14.9. The molecule has 2 heterocycles. The number of likely N-dealkylation sites (tertiary alicyclic amines) is 2. The van der Waals surface area contributed by atoms with Gasteiger partial charge in [-0.15, -0.1) is 0 Å². The molecule has 1 atom stereocenters. The number of hydrogen-bond acceptors (Lipinski definition) is 6. The first kappa shape index (κ1) is 29.3. The third kappa shape index (κ3) is 7.00. The summed E-state index contributed by atoms with van der Waals surface area (Å²) in [7, 11) is 1.30. The highest BCUT2D eigenvalue weighted by molar-refractivity contribution is 5.97. The molecule has 9 heteroatoms. The lowest BCUT2D eigenvalue weighted by Crippen LogP contribution is -2.41. The molecule has 3 fully saturated rings. The Morgan fingerprint density at radius 2 is 1.78 bits per heavy atom. The van der Waals surface area contributed by atoms with Gasteiger partial charge in [-0.1, -0.05) is 0 Å². The van der Waals surface area contributed by atoms with Crippen molar-refractivity contribution < 1.29 is 27.8 Å². The van der Waals surface area contributed by atoms with E-state index in [0.29, 0.717) is 44.2 Å². The zero-order chi connectivity index (χ0) is 29.1. The molecule has 1 unspecified atom stereocenters. The first-order valence-corrected chi connectivity index (χ1v) is 14.9. The van der Waals surface area contributed by atoms with Crippen LogP contribution in [0.25, 0.3) is 0 Å². The van der Waals surface area contributed by atoms with E-state index < -0.39 is 23.7 Å². The highest BCUT2D eigenvalue weighted by Crippen LogP contribution is 2.45. The van der Waals surface area contributed by atoms with Gasteiger partial charge in [0.25, 0.3) is 5.91 Å². The molecule has 0 radical (unpaired) electrons. The number of nitrogens with one attached hydrogen (secondary N) is 1. The van der Waals surface area contributed by atoms with E-state index in [1.165, 1.54) is 24.1 Å². The number of carbonyl (C=O) groups excluding carboxylic acids is 2. The van der Waals surface area contributed by atoms with Gasteiger partial charge in [-0.25, -0.2) is 13.6 Å². The Balaban J connectivity index is 1.20. The number of halogens is 2. The maximum absolute atomic E-state index is 15.3. The number of methoxy groups -OCH3 is 1. The van der Waals surface area contributed by atoms with E-state index >= 15 is 4.39 Å². The fourth-order valence-corrected chi connectivity index (χ4v) is 6.02. The van der Waals surface area contributed by atoms with Crippen LogP contribution in [0.1, 0.15) is 79.8 Å². The minimum absolute atomic E-state index is 0.00737. The van der Waals surface area contributed by atoms with Gasteiger partial charge in [0.2, 0.25) is 0 Å². The number of esters is 1. The number of rotatable bonds is 10. The van der Waals surface area contributed by atoms with Crippen molar-refractivity contribution in [2.24, 2.45) is 5.92 Å². The molecular formula is C32H41F2N3O4. The molecule has 2 aliphatic heterocycles. The average Bonchev–Trinajstić information content (AvgIpc) is 3.68. The predicted molar refractivity (Wildman–Crippen MR) is 153 cm³/mol. The van der Waals surface area contributed by atoms with Crippen LogP contribution >= 0.6 is 0 Å². The smallest absolute Gasteiger partial charge is 0.328 e. The number of carbonyl (C=O) groups is 2. The van der Waals surface area contributed by atoms with Crippen LogP contribution < -0.4 is 10.1 Å². The maximum Gasteiger partial charge on any atom is 0.328 e. The van der Waals surface area contributed by atoms with E-state index in [0.717, 1.165) is 55.6 Å². The summed E-state index contributed by atoms with van der Waals surface area (Å²) >= 11 is 0. The summed E-state index contributed by atoms with van der Waals surface area (Å²) in [5, 5.41) is 3.41. The third-order valence-corrected chi connectivity index (χ3v) is 8.42. The second-order valence-electron chi connectivity index (χ2n) is 12.0. The summed E-state index contributed by atoms with van der Waals surface area (Å²) < 4.78 is 40.3. The van der Waals surface area contributed by atoms with Crippen LogP contribution in [0.3, 0.4) is 0 Å². The summed E-state index contributed by atoms with van der Waals surface area (Å²) in [5.41, 5.74) is 2.79. The zero-order valence-electron chi connectivity index (χ0n) is 24.3. The lowest BCUT2D eigenvalue weighted by atomic mass is 9.97. The highest BCUT2D eigenvalue weighted by Gasteiger charge is 2.37. The van der Waals surface area contributed by atoms with Gasteiger partial charge in [0, 0.05) is 30.9 Å². The maximum atomic E-state index is 15.3. The molecule has 1 aliphatic carbocycles. The molecule has 0 aromatic heterocycles. The molecule has 5 rings (SSSR count). The van der Waals surface area contributed by atoms with Crippen molar-refractivity contribution >= 4 is 17.6 Å². The van der Waals surface area contributed by atoms with Crippen LogP contribution in [0.4, 0.5) is 14.5 Å². The van der Waals surface area contributed by atoms with Gasteiger partial charge in [-0.05, 0) is 113 Å². The first-order chi connectivity index (χ1) is 19.7. The number of hydrogen-bond donors (Lipinski definition) is 1. The van der Waals surface area contributed by atoms with Gasteiger partial charge >= 0.3 is 5.97 Å². The highest BCUT2D eigenvalue weighted by atomic mass is 19.1. The van der Waals surface area contributed by atoms with Crippen molar-refractivity contribution in [2.75, 3.05) is 38.7 Å². The lowest BCUT2D eigenvalue weighted by molar-refractivity contribution is -0.145. The minimum Gasteiger partial charge on any atom is -0.493 e. The quantitative estimate of drug-likeness (QED) is 0.369. The van der Waals surface area contributed by atoms with Gasteiger partial charge in [0.15, 0.2) is 0 Å². The number of amides is 1. The summed E-state index contributed by atoms with van der Waals surface area (Å²) in [6, 6.07) is 7.50. The second kappa shape index (κ2) is 12.8. The van der Waals surface area contributed by atoms with Crippen LogP contribution in [0.5, 0.6) is 5.75 Å². The van der Waals surface area contributed by atoms with Gasteiger partial charge in [0.05, 0.1) is 19.3 Å². The van der Waals surface area contributed by atoms with E-state index in [2.05, 4.69) is 24.1 Å². The van der Waals surface area contributed by atoms with Crippen molar-refractivity contribution in [3.63, 3.8) is 0 Å². The van der Waals surface area contributed by atoms with Crippen molar-refractivity contribution in [2.45, 2.75) is 76.9 Å². The van der Waals surface area contributed by atoms with E-state index in [1.807, 2.05) is 6.07 Å². The largest absolute Gasteiger partial charge is 0.493 e. The van der Waals surface area contributed by atoms with Gasteiger partial charge in [0.1, 0.15) is 23.4 Å². The van der Waals surface area contributed by atoms with Crippen molar-refractivity contribution in [3.8, 4) is 5.75 Å². The van der Waals surface area contributed by atoms with Crippen molar-refractivity contribution in [1.29, 1.82) is 0 Å². The molecule has 3 aliphatic rings. The summed E-state index contributed by atoms with van der Waals surface area (Å²) in [5.74, 6) is -0.690. The Hall–Kier alpha value is -3.20. The Morgan fingerprint density at radius 1 is 1.02 bits per heavy atom. The van der Waals surface area contributed by atoms with E-state index in [4.69, 9.17) is 9.47 Å². The van der Waals surface area contributed by atoms with Crippen molar-refractivity contribution in [1.82, 2.24) is 9.80 Å². The zero-order valence-corrected chi connectivity index (χ0v) is 24.3. The molecule has 0 bridgehead atoms. The standard InChI is InChI=1S/C32H41F2N3O4/c1-20(2)35-28-9-8-24(33)15-23(28)18-36-13-10-21(11-14-36)19-41-30-17-27(34)26(16-25(30)22-6-7-22)31(38)37-12-4-5-29(37)32(39)40-3/h8-9,15-17,20-22,29,35H,4-7,10-14,18-19H2,1-3H3. The molecule has 1 saturated carbocycles. The fourth-order valence-electron chi connectivity index (χ4n) is 6.02. The molecule has 2 aromatic rings. The van der Waals surface area contributed by atoms with Gasteiger partial charge in [-0.2, -0.15) is 0 Å². The normalized spacial score (nSPS) is 20.0. The van der Waals surface area contributed by atoms with Crippen LogP contribution in [-0.4, -0.2) is 67.1 Å².